The van der Waals surface area contributed by atoms with E-state index in [2.05, 4.69) is 0 Å². The lowest BCUT2D eigenvalue weighted by atomic mass is 9.87. The van der Waals surface area contributed by atoms with Crippen LogP contribution in [0.15, 0.2) is 34.9 Å². The third-order valence-electron chi connectivity index (χ3n) is 4.42. The summed E-state index contributed by atoms with van der Waals surface area (Å²) in [6.45, 7) is 7.35. The predicted octanol–water partition coefficient (Wildman–Crippen LogP) is 2.88. The van der Waals surface area contributed by atoms with Gasteiger partial charge in [0.1, 0.15) is 5.73 Å². The fourth-order valence-corrected chi connectivity index (χ4v) is 3.12. The Labute approximate surface area is 143 Å². The van der Waals surface area contributed by atoms with Crippen LogP contribution in [0.2, 0.25) is 0 Å². The van der Waals surface area contributed by atoms with Crippen molar-refractivity contribution in [2.24, 2.45) is 0 Å². The smallest absolute Gasteiger partial charge is 0.398 e. The first-order valence-electron chi connectivity index (χ1n) is 7.62. The molecule has 0 N–H and O–H groups in total. The number of benzene rings is 1. The average molecular weight is 355 g/mol. The van der Waals surface area contributed by atoms with Crippen molar-refractivity contribution in [1.29, 1.82) is 0 Å². The Bertz CT molecular complexity index is 743. The number of sulfonamides is 1. The van der Waals surface area contributed by atoms with Gasteiger partial charge in [-0.1, -0.05) is 12.1 Å². The molecule has 5 nitrogen and oxygen atoms in total. The zero-order chi connectivity index (χ0) is 18.3. The highest BCUT2D eigenvalue weighted by atomic mass is 32.2. The second-order valence-electron chi connectivity index (χ2n) is 6.98. The van der Waals surface area contributed by atoms with Crippen LogP contribution in [0.3, 0.4) is 0 Å². The second-order valence-corrected chi connectivity index (χ2v) is 9.13. The Kier molecular flexibility index (Phi) is 4.98. The molecule has 0 atom stereocenters. The van der Waals surface area contributed by atoms with Gasteiger partial charge in [0.25, 0.3) is 0 Å². The molecule has 0 unspecified atom stereocenters. The minimum Gasteiger partial charge on any atom is -0.398 e. The molecule has 2 rings (SSSR count). The quantitative estimate of drug-likeness (QED) is 0.780. The van der Waals surface area contributed by atoms with Crippen molar-refractivity contribution < 1.29 is 22.1 Å². The van der Waals surface area contributed by atoms with Gasteiger partial charge in [-0.25, -0.2) is 17.1 Å². The predicted molar refractivity (Wildman–Crippen MR) is 92.5 cm³/mol. The molecule has 0 amide bonds. The fraction of sp³-hybridized carbons (Fsp3) is 0.500. The largest absolute Gasteiger partial charge is 0.525 e. The molecule has 0 radical (unpaired) electrons. The molecule has 0 aliphatic carbocycles. The number of halogens is 1. The highest BCUT2D eigenvalue weighted by molar-refractivity contribution is 7.89. The summed E-state index contributed by atoms with van der Waals surface area (Å²) >= 11 is 0. The molecular weight excluding hydrogens is 332 g/mol. The van der Waals surface area contributed by atoms with E-state index in [0.29, 0.717) is 5.56 Å². The van der Waals surface area contributed by atoms with E-state index < -0.39 is 34.1 Å². The highest BCUT2D eigenvalue weighted by Crippen LogP contribution is 2.39. The number of nitrogens with zero attached hydrogens (tertiary/aromatic N) is 1. The van der Waals surface area contributed by atoms with Gasteiger partial charge in [0.2, 0.25) is 10.0 Å². The summed E-state index contributed by atoms with van der Waals surface area (Å²) in [4.78, 5) is 0.1000. The maximum absolute atomic E-state index is 14.5. The normalized spacial score (nSPS) is 20.7. The van der Waals surface area contributed by atoms with Crippen LogP contribution in [-0.4, -0.2) is 45.1 Å². The third-order valence-corrected chi connectivity index (χ3v) is 6.23. The van der Waals surface area contributed by atoms with Crippen molar-refractivity contribution in [3.63, 3.8) is 0 Å². The van der Waals surface area contributed by atoms with Gasteiger partial charge in [0.05, 0.1) is 16.1 Å². The first kappa shape index (κ1) is 19.1. The van der Waals surface area contributed by atoms with Gasteiger partial charge in [-0.15, -0.1) is 0 Å². The molecule has 1 aromatic rings. The summed E-state index contributed by atoms with van der Waals surface area (Å²) in [5.74, 6) is 0. The van der Waals surface area contributed by atoms with Gasteiger partial charge in [0, 0.05) is 14.1 Å². The maximum atomic E-state index is 14.5. The molecule has 0 saturated carbocycles. The molecule has 1 aliphatic rings. The molecule has 8 heteroatoms. The van der Waals surface area contributed by atoms with E-state index in [1.165, 1.54) is 32.3 Å². The Morgan fingerprint density at radius 3 is 2.21 bits per heavy atom. The lowest BCUT2D eigenvalue weighted by molar-refractivity contribution is 0.00578. The summed E-state index contributed by atoms with van der Waals surface area (Å²) < 4.78 is 51.2. The second kappa shape index (κ2) is 6.26. The van der Waals surface area contributed by atoms with E-state index in [-0.39, 0.29) is 4.90 Å². The Hall–Kier alpha value is -1.22. The number of rotatable bonds is 4. The van der Waals surface area contributed by atoms with E-state index in [0.717, 1.165) is 4.31 Å². The molecule has 24 heavy (non-hydrogen) atoms. The molecule has 0 bridgehead atoms. The Balaban J connectivity index is 2.30. The molecular formula is C16H23BFNO4S. The molecule has 0 spiro atoms. The third kappa shape index (κ3) is 3.56. The SMILES string of the molecule is CN(C)S(=O)(=O)c1cccc(C=C(F)B2OC(C)(C)C(C)(C)O2)c1. The Morgan fingerprint density at radius 2 is 1.71 bits per heavy atom. The van der Waals surface area contributed by atoms with Crippen molar-refractivity contribution in [2.75, 3.05) is 14.1 Å². The molecule has 1 aliphatic heterocycles. The van der Waals surface area contributed by atoms with Crippen LogP contribution in [0.1, 0.15) is 33.3 Å². The monoisotopic (exact) mass is 355 g/mol. The van der Waals surface area contributed by atoms with Crippen LogP contribution in [0, 0.1) is 0 Å². The highest BCUT2D eigenvalue weighted by Gasteiger charge is 2.53. The lowest BCUT2D eigenvalue weighted by Gasteiger charge is -2.32. The summed E-state index contributed by atoms with van der Waals surface area (Å²) in [7, 11) is -1.79. The van der Waals surface area contributed by atoms with Gasteiger partial charge >= 0.3 is 7.12 Å². The van der Waals surface area contributed by atoms with Crippen molar-refractivity contribution in [1.82, 2.24) is 4.31 Å². The van der Waals surface area contributed by atoms with E-state index in [1.54, 1.807) is 12.1 Å². The standard InChI is InChI=1S/C16H23BFNO4S/c1-15(2)16(3,4)23-17(22-15)14(18)11-12-8-7-9-13(10-12)24(20,21)19(5)6/h7-11H,1-6H3. The van der Waals surface area contributed by atoms with Crippen LogP contribution < -0.4 is 0 Å². The van der Waals surface area contributed by atoms with E-state index in [1.807, 2.05) is 27.7 Å². The summed E-state index contributed by atoms with van der Waals surface area (Å²) in [5.41, 5.74) is -1.46. The summed E-state index contributed by atoms with van der Waals surface area (Å²) in [5, 5.41) is 0. The zero-order valence-electron chi connectivity index (χ0n) is 14.8. The van der Waals surface area contributed by atoms with Gasteiger partial charge in [-0.3, -0.25) is 0 Å². The molecule has 0 aromatic heterocycles. The van der Waals surface area contributed by atoms with Crippen LogP contribution >= 0.6 is 0 Å². The first-order valence-corrected chi connectivity index (χ1v) is 9.06. The zero-order valence-corrected chi connectivity index (χ0v) is 15.6. The molecule has 1 fully saturated rings. The van der Waals surface area contributed by atoms with E-state index in [9.17, 15) is 12.8 Å². The summed E-state index contributed by atoms with van der Waals surface area (Å²) in [6, 6.07) is 6.08. The number of hydrogen-bond acceptors (Lipinski definition) is 4. The first-order chi connectivity index (χ1) is 10.9. The summed E-state index contributed by atoms with van der Waals surface area (Å²) in [6.07, 6.45) is 1.23. The van der Waals surface area contributed by atoms with Gasteiger partial charge in [-0.05, 0) is 51.5 Å². The topological polar surface area (TPSA) is 55.8 Å². The molecule has 1 saturated heterocycles. The van der Waals surface area contributed by atoms with Gasteiger partial charge in [-0.2, -0.15) is 0 Å². The molecule has 1 aromatic carbocycles. The Morgan fingerprint density at radius 1 is 1.17 bits per heavy atom. The minimum absolute atomic E-state index is 0.1000. The van der Waals surface area contributed by atoms with E-state index >= 15 is 0 Å². The van der Waals surface area contributed by atoms with Crippen molar-refractivity contribution in [2.45, 2.75) is 43.8 Å². The van der Waals surface area contributed by atoms with Crippen LogP contribution in [-0.2, 0) is 19.3 Å². The van der Waals surface area contributed by atoms with Crippen LogP contribution in [0.5, 0.6) is 0 Å². The van der Waals surface area contributed by atoms with Crippen molar-refractivity contribution in [3.05, 3.63) is 35.6 Å². The molecule has 1 heterocycles. The molecule has 132 valence electrons. The van der Waals surface area contributed by atoms with Gasteiger partial charge in [0.15, 0.2) is 0 Å². The van der Waals surface area contributed by atoms with Gasteiger partial charge < -0.3 is 9.31 Å². The van der Waals surface area contributed by atoms with Crippen LogP contribution in [0.25, 0.3) is 6.08 Å². The maximum Gasteiger partial charge on any atom is 0.525 e. The van der Waals surface area contributed by atoms with Crippen molar-refractivity contribution in [3.8, 4) is 0 Å². The number of hydrogen-bond donors (Lipinski definition) is 0. The minimum atomic E-state index is -3.57. The average Bonchev–Trinajstić information content (AvgIpc) is 2.67. The van der Waals surface area contributed by atoms with Crippen molar-refractivity contribution >= 4 is 23.2 Å². The lowest BCUT2D eigenvalue weighted by Crippen LogP contribution is -2.41. The van der Waals surface area contributed by atoms with E-state index in [4.69, 9.17) is 9.31 Å². The van der Waals surface area contributed by atoms with Crippen LogP contribution in [0.4, 0.5) is 4.39 Å². The fourth-order valence-electron chi connectivity index (χ4n) is 2.16.